The highest BCUT2D eigenvalue weighted by atomic mass is 15.1. The molecule has 0 aliphatic heterocycles. The van der Waals surface area contributed by atoms with Crippen LogP contribution in [0.15, 0.2) is 261 Å². The van der Waals surface area contributed by atoms with Gasteiger partial charge in [-0.25, -0.2) is 0 Å². The molecule has 0 atom stereocenters. The summed E-state index contributed by atoms with van der Waals surface area (Å²) >= 11 is 0. The molecule has 0 aromatic heterocycles. The third-order valence-electron chi connectivity index (χ3n) is 15.9. The van der Waals surface area contributed by atoms with Gasteiger partial charge >= 0.3 is 0 Å². The Kier molecular flexibility index (Phi) is 9.22. The minimum absolute atomic E-state index is 0.134. The average Bonchev–Trinajstić information content (AvgIpc) is 4.00. The fourth-order valence-corrected chi connectivity index (χ4v) is 13.0. The summed E-state index contributed by atoms with van der Waals surface area (Å²) in [5.41, 5.74) is 28.3. The molecule has 0 bridgehead atoms. The molecule has 14 rings (SSSR count). The van der Waals surface area contributed by atoms with E-state index in [0.29, 0.717) is 0 Å². The molecule has 3 aliphatic carbocycles. The molecule has 1 nitrogen and oxygen atoms in total. The quantitative estimate of drug-likeness (QED) is 0.154. The molecule has 0 fully saturated rings. The molecule has 0 N–H and O–H groups in total. The molecule has 0 radical (unpaired) electrons. The maximum absolute atomic E-state index is 2.52. The van der Waals surface area contributed by atoms with Crippen LogP contribution in [0.1, 0.15) is 47.2 Å². The van der Waals surface area contributed by atoms with Gasteiger partial charge < -0.3 is 4.90 Å². The van der Waals surface area contributed by atoms with Gasteiger partial charge in [-0.3, -0.25) is 0 Å². The Labute approximate surface area is 416 Å². The van der Waals surface area contributed by atoms with Crippen LogP contribution in [0.25, 0.3) is 77.9 Å². The van der Waals surface area contributed by atoms with E-state index in [1.54, 1.807) is 0 Å². The summed E-state index contributed by atoms with van der Waals surface area (Å²) < 4.78 is 0. The number of hydrogen-bond donors (Lipinski definition) is 0. The molecule has 0 amide bonds. The van der Waals surface area contributed by atoms with Gasteiger partial charge in [0.2, 0.25) is 0 Å². The lowest BCUT2D eigenvalue weighted by Gasteiger charge is -2.32. The van der Waals surface area contributed by atoms with E-state index in [1.807, 2.05) is 0 Å². The lowest BCUT2D eigenvalue weighted by molar-refractivity contribution is 0.662. The minimum Gasteiger partial charge on any atom is -0.310 e. The number of hydrogen-bond acceptors (Lipinski definition) is 1. The summed E-state index contributed by atoms with van der Waals surface area (Å²) in [4.78, 5) is 2.52. The van der Waals surface area contributed by atoms with Gasteiger partial charge in [0.05, 0.1) is 11.1 Å². The average molecular weight is 904 g/mol. The van der Waals surface area contributed by atoms with Crippen molar-refractivity contribution in [1.29, 1.82) is 0 Å². The zero-order chi connectivity index (χ0) is 47.3. The van der Waals surface area contributed by atoms with Gasteiger partial charge in [-0.05, 0) is 136 Å². The second-order valence-electron chi connectivity index (χ2n) is 19.9. The standard InChI is InChI=1S/C70H49N/c1-69(2)61-34-15-11-28-56(61)59-33-19-32-53(68(59)69)48-39-41-49(42-40-48)71(66-38-20-31-52(47-23-7-4-8-24-47)67(66)58-30-10-9-25-51(58)46-21-5-3-6-22-46)50-43-44-65-60(45-50)57-29-14-18-37-64(57)70(65)62-35-16-12-26-54(62)55-27-13-17-36-63(55)70/h3-45H,1-2H3. The third kappa shape index (κ3) is 6.00. The van der Waals surface area contributed by atoms with E-state index in [9.17, 15) is 0 Å². The molecule has 1 heteroatoms. The first-order valence-corrected chi connectivity index (χ1v) is 24.9. The summed E-state index contributed by atoms with van der Waals surface area (Å²) in [6.45, 7) is 4.76. The number of anilines is 3. The zero-order valence-corrected chi connectivity index (χ0v) is 39.8. The molecule has 0 heterocycles. The number of benzene rings is 11. The fourth-order valence-electron chi connectivity index (χ4n) is 13.0. The summed E-state index contributed by atoms with van der Waals surface area (Å²) in [6, 6.07) is 97.3. The lowest BCUT2D eigenvalue weighted by Crippen LogP contribution is -2.25. The van der Waals surface area contributed by atoms with Gasteiger partial charge in [0, 0.05) is 22.4 Å². The van der Waals surface area contributed by atoms with E-state index in [4.69, 9.17) is 0 Å². The first-order valence-electron chi connectivity index (χ1n) is 24.9. The van der Waals surface area contributed by atoms with Gasteiger partial charge in [-0.1, -0.05) is 244 Å². The number of rotatable bonds is 7. The normalized spacial score (nSPS) is 13.7. The van der Waals surface area contributed by atoms with Crippen LogP contribution >= 0.6 is 0 Å². The van der Waals surface area contributed by atoms with E-state index >= 15 is 0 Å². The van der Waals surface area contributed by atoms with Crippen LogP contribution in [0.4, 0.5) is 17.1 Å². The van der Waals surface area contributed by atoms with E-state index in [0.717, 1.165) is 17.1 Å². The predicted molar refractivity (Wildman–Crippen MR) is 297 cm³/mol. The van der Waals surface area contributed by atoms with E-state index in [1.165, 1.54) is 111 Å². The van der Waals surface area contributed by atoms with Crippen LogP contribution < -0.4 is 4.90 Å². The van der Waals surface area contributed by atoms with Crippen LogP contribution in [0.3, 0.4) is 0 Å². The third-order valence-corrected chi connectivity index (χ3v) is 15.9. The highest BCUT2D eigenvalue weighted by molar-refractivity contribution is 6.03. The Morgan fingerprint density at radius 3 is 1.30 bits per heavy atom. The molecule has 0 saturated carbocycles. The zero-order valence-electron chi connectivity index (χ0n) is 39.8. The van der Waals surface area contributed by atoms with E-state index in [2.05, 4.69) is 280 Å². The molecule has 71 heavy (non-hydrogen) atoms. The maximum atomic E-state index is 2.52. The Morgan fingerprint density at radius 2 is 0.676 bits per heavy atom. The van der Waals surface area contributed by atoms with Crippen molar-refractivity contribution in [2.45, 2.75) is 24.7 Å². The van der Waals surface area contributed by atoms with Crippen LogP contribution in [-0.2, 0) is 10.8 Å². The summed E-state index contributed by atoms with van der Waals surface area (Å²) in [6.07, 6.45) is 0. The molecule has 0 unspecified atom stereocenters. The van der Waals surface area contributed by atoms with Crippen molar-refractivity contribution in [1.82, 2.24) is 0 Å². The summed E-state index contributed by atoms with van der Waals surface area (Å²) in [5.74, 6) is 0. The smallest absolute Gasteiger partial charge is 0.0725 e. The van der Waals surface area contributed by atoms with E-state index < -0.39 is 5.41 Å². The van der Waals surface area contributed by atoms with Crippen LogP contribution in [-0.4, -0.2) is 0 Å². The van der Waals surface area contributed by atoms with Gasteiger partial charge in [-0.15, -0.1) is 0 Å². The molecular formula is C70H49N. The van der Waals surface area contributed by atoms with Crippen molar-refractivity contribution >= 4 is 17.1 Å². The number of nitrogens with zero attached hydrogens (tertiary/aromatic N) is 1. The van der Waals surface area contributed by atoms with Crippen molar-refractivity contribution < 1.29 is 0 Å². The Morgan fingerprint density at radius 1 is 0.268 bits per heavy atom. The molecule has 11 aromatic carbocycles. The topological polar surface area (TPSA) is 3.24 Å². The lowest BCUT2D eigenvalue weighted by atomic mass is 9.70. The largest absolute Gasteiger partial charge is 0.310 e. The Hall–Kier alpha value is -8.78. The molecule has 11 aromatic rings. The molecule has 334 valence electrons. The fraction of sp³-hybridized carbons (Fsp3) is 0.0571. The highest BCUT2D eigenvalue weighted by Crippen LogP contribution is 2.63. The van der Waals surface area contributed by atoms with Gasteiger partial charge in [0.15, 0.2) is 0 Å². The molecule has 0 saturated heterocycles. The SMILES string of the molecule is CC1(C)c2ccccc2-c2cccc(-c3ccc(N(c4ccc5c(c4)-c4ccccc4C54c5ccccc5-c5ccccc54)c4cccc(-c5ccccc5)c4-c4ccccc4-c4ccccc4)cc3)c21. The van der Waals surface area contributed by atoms with Crippen molar-refractivity contribution in [2.24, 2.45) is 0 Å². The van der Waals surface area contributed by atoms with E-state index in [-0.39, 0.29) is 5.41 Å². The molecular weight excluding hydrogens is 855 g/mol. The second-order valence-corrected chi connectivity index (χ2v) is 19.9. The minimum atomic E-state index is -0.430. The first-order chi connectivity index (χ1) is 35.0. The molecule has 1 spiro atoms. The van der Waals surface area contributed by atoms with Crippen molar-refractivity contribution in [3.8, 4) is 77.9 Å². The van der Waals surface area contributed by atoms with Crippen LogP contribution in [0.5, 0.6) is 0 Å². The monoisotopic (exact) mass is 903 g/mol. The first kappa shape index (κ1) is 41.2. The van der Waals surface area contributed by atoms with Crippen LogP contribution in [0, 0.1) is 0 Å². The second kappa shape index (κ2) is 15.9. The summed E-state index contributed by atoms with van der Waals surface area (Å²) in [5, 5.41) is 0. The Balaban J connectivity index is 1.02. The van der Waals surface area contributed by atoms with Gasteiger partial charge in [-0.2, -0.15) is 0 Å². The van der Waals surface area contributed by atoms with Gasteiger partial charge in [0.1, 0.15) is 0 Å². The summed E-state index contributed by atoms with van der Waals surface area (Å²) in [7, 11) is 0. The van der Waals surface area contributed by atoms with Crippen molar-refractivity contribution in [2.75, 3.05) is 4.90 Å². The van der Waals surface area contributed by atoms with Crippen molar-refractivity contribution in [3.05, 3.63) is 294 Å². The maximum Gasteiger partial charge on any atom is 0.0725 e. The Bertz CT molecular complexity index is 3850. The number of fused-ring (bicyclic) bond motifs is 13. The molecule has 3 aliphatic rings. The van der Waals surface area contributed by atoms with Gasteiger partial charge in [0.25, 0.3) is 0 Å². The van der Waals surface area contributed by atoms with Crippen LogP contribution in [0.2, 0.25) is 0 Å². The predicted octanol–water partition coefficient (Wildman–Crippen LogP) is 18.5. The van der Waals surface area contributed by atoms with Crippen molar-refractivity contribution in [3.63, 3.8) is 0 Å². The highest BCUT2D eigenvalue weighted by Gasteiger charge is 2.51.